The van der Waals surface area contributed by atoms with Crippen molar-refractivity contribution in [1.29, 1.82) is 0 Å². The summed E-state index contributed by atoms with van der Waals surface area (Å²) >= 11 is 0. The Labute approximate surface area is 120 Å². The zero-order valence-corrected chi connectivity index (χ0v) is 12.3. The van der Waals surface area contributed by atoms with Crippen molar-refractivity contribution in [1.82, 2.24) is 5.32 Å². The summed E-state index contributed by atoms with van der Waals surface area (Å²) in [6, 6.07) is 0. The lowest BCUT2D eigenvalue weighted by molar-refractivity contribution is -0.211. The Morgan fingerprint density at radius 3 is 2.05 bits per heavy atom. The number of carbonyl (C=O) groups excluding carboxylic acids is 1. The molecule has 1 unspecified atom stereocenters. The number of carbonyl (C=O) groups is 2. The zero-order chi connectivity index (χ0) is 16.9. The zero-order valence-electron chi connectivity index (χ0n) is 12.3. The Balaban J connectivity index is 5.28. The van der Waals surface area contributed by atoms with E-state index < -0.39 is 35.8 Å². The fraction of sp³-hybridized carbons (Fsp3) is 0.833. The molecule has 0 bridgehead atoms. The van der Waals surface area contributed by atoms with Gasteiger partial charge in [-0.1, -0.05) is 0 Å². The van der Waals surface area contributed by atoms with Gasteiger partial charge in [-0.05, 0) is 33.6 Å². The van der Waals surface area contributed by atoms with E-state index in [4.69, 9.17) is 9.84 Å². The molecule has 2 N–H and O–H groups in total. The molecule has 124 valence electrons. The topological polar surface area (TPSA) is 84.9 Å². The van der Waals surface area contributed by atoms with Crippen LogP contribution < -0.4 is 5.32 Å². The van der Waals surface area contributed by atoms with E-state index in [1.807, 2.05) is 0 Å². The minimum Gasteiger partial charge on any atom is -0.479 e. The average molecular weight is 315 g/mol. The van der Waals surface area contributed by atoms with E-state index in [0.717, 1.165) is 0 Å². The van der Waals surface area contributed by atoms with Gasteiger partial charge >= 0.3 is 18.2 Å². The monoisotopic (exact) mass is 315 g/mol. The van der Waals surface area contributed by atoms with Crippen molar-refractivity contribution in [3.8, 4) is 0 Å². The normalized spacial score (nSPS) is 15.2. The van der Waals surface area contributed by atoms with Crippen molar-refractivity contribution in [3.63, 3.8) is 0 Å². The smallest absolute Gasteiger partial charge is 0.422 e. The standard InChI is InChI=1S/C12H20F3NO5/c1-10(2,3)21-9(19)16-11(8(17)18,12(13,14)15)6-5-7-20-4/h5-7H2,1-4H3,(H,16,19)(H,17,18). The van der Waals surface area contributed by atoms with E-state index in [2.05, 4.69) is 4.74 Å². The van der Waals surface area contributed by atoms with Crippen LogP contribution in [0, 0.1) is 0 Å². The molecule has 0 rings (SSSR count). The minimum atomic E-state index is -5.18. The molecule has 21 heavy (non-hydrogen) atoms. The Morgan fingerprint density at radius 2 is 1.71 bits per heavy atom. The highest BCUT2D eigenvalue weighted by Gasteiger charge is 2.62. The predicted octanol–water partition coefficient (Wildman–Crippen LogP) is 2.32. The van der Waals surface area contributed by atoms with E-state index in [-0.39, 0.29) is 13.0 Å². The van der Waals surface area contributed by atoms with Crippen LogP contribution in [-0.4, -0.2) is 48.2 Å². The van der Waals surface area contributed by atoms with Gasteiger partial charge in [-0.3, -0.25) is 5.32 Å². The first kappa shape index (κ1) is 19.5. The van der Waals surface area contributed by atoms with Crippen LogP contribution in [0.3, 0.4) is 0 Å². The third kappa shape index (κ3) is 5.78. The lowest BCUT2D eigenvalue weighted by Crippen LogP contribution is -2.64. The number of methoxy groups -OCH3 is 1. The first-order valence-electron chi connectivity index (χ1n) is 6.16. The van der Waals surface area contributed by atoms with Gasteiger partial charge in [-0.15, -0.1) is 0 Å². The highest BCUT2D eigenvalue weighted by Crippen LogP contribution is 2.35. The van der Waals surface area contributed by atoms with Gasteiger partial charge in [0.1, 0.15) is 5.60 Å². The lowest BCUT2D eigenvalue weighted by atomic mass is 9.93. The molecule has 0 aliphatic heterocycles. The van der Waals surface area contributed by atoms with E-state index in [1.165, 1.54) is 33.2 Å². The summed E-state index contributed by atoms with van der Waals surface area (Å²) in [5, 5.41) is 10.4. The van der Waals surface area contributed by atoms with Crippen LogP contribution in [0.15, 0.2) is 0 Å². The highest BCUT2D eigenvalue weighted by molar-refractivity contribution is 5.85. The van der Waals surface area contributed by atoms with E-state index >= 15 is 0 Å². The molecular formula is C12H20F3NO5. The van der Waals surface area contributed by atoms with Gasteiger partial charge in [0.25, 0.3) is 0 Å². The van der Waals surface area contributed by atoms with Gasteiger partial charge in [0.2, 0.25) is 5.54 Å². The molecule has 0 aromatic carbocycles. The van der Waals surface area contributed by atoms with Crippen LogP contribution in [0.25, 0.3) is 0 Å². The SMILES string of the molecule is COCCCC(NC(=O)OC(C)(C)C)(C(=O)O)C(F)(F)F. The van der Waals surface area contributed by atoms with Crippen LogP contribution in [0.1, 0.15) is 33.6 Å². The molecular weight excluding hydrogens is 295 g/mol. The number of alkyl halides is 3. The van der Waals surface area contributed by atoms with Crippen LogP contribution in [0.2, 0.25) is 0 Å². The van der Waals surface area contributed by atoms with Crippen molar-refractivity contribution in [2.45, 2.75) is 50.9 Å². The number of hydrogen-bond donors (Lipinski definition) is 2. The molecule has 9 heteroatoms. The second-order valence-corrected chi connectivity index (χ2v) is 5.43. The Hall–Kier alpha value is -1.51. The van der Waals surface area contributed by atoms with Crippen molar-refractivity contribution in [3.05, 3.63) is 0 Å². The van der Waals surface area contributed by atoms with E-state index in [1.54, 1.807) is 0 Å². The maximum Gasteiger partial charge on any atom is 0.422 e. The number of hydrogen-bond acceptors (Lipinski definition) is 4. The van der Waals surface area contributed by atoms with Gasteiger partial charge in [0.05, 0.1) is 0 Å². The summed E-state index contributed by atoms with van der Waals surface area (Å²) in [5.74, 6) is -2.20. The fourth-order valence-corrected chi connectivity index (χ4v) is 1.52. The molecule has 0 saturated heterocycles. The maximum absolute atomic E-state index is 13.2. The maximum atomic E-state index is 13.2. The van der Waals surface area contributed by atoms with E-state index in [0.29, 0.717) is 0 Å². The summed E-state index contributed by atoms with van der Waals surface area (Å²) in [6.07, 6.45) is -7.68. The van der Waals surface area contributed by atoms with Crippen molar-refractivity contribution < 1.29 is 37.3 Å². The molecule has 0 radical (unpaired) electrons. The first-order chi connectivity index (χ1) is 9.35. The minimum absolute atomic E-state index is 0.0683. The lowest BCUT2D eigenvalue weighted by Gasteiger charge is -2.33. The van der Waals surface area contributed by atoms with Crippen LogP contribution in [0.4, 0.5) is 18.0 Å². The van der Waals surface area contributed by atoms with Gasteiger partial charge in [0.15, 0.2) is 0 Å². The van der Waals surface area contributed by atoms with Crippen molar-refractivity contribution in [2.24, 2.45) is 0 Å². The molecule has 0 saturated carbocycles. The van der Waals surface area contributed by atoms with Crippen LogP contribution >= 0.6 is 0 Å². The summed E-state index contributed by atoms with van der Waals surface area (Å²) in [4.78, 5) is 22.7. The fourth-order valence-electron chi connectivity index (χ4n) is 1.52. The largest absolute Gasteiger partial charge is 0.479 e. The Kier molecular flexibility index (Phi) is 6.47. The number of carboxylic acid groups (broad SMARTS) is 1. The summed E-state index contributed by atoms with van der Waals surface area (Å²) in [6.45, 7) is 4.29. The van der Waals surface area contributed by atoms with E-state index in [9.17, 15) is 22.8 Å². The van der Waals surface area contributed by atoms with Crippen molar-refractivity contribution >= 4 is 12.1 Å². The van der Waals surface area contributed by atoms with Gasteiger partial charge in [-0.25, -0.2) is 9.59 Å². The summed E-state index contributed by atoms with van der Waals surface area (Å²) in [7, 11) is 1.28. The molecule has 6 nitrogen and oxygen atoms in total. The number of halogens is 3. The third-order valence-electron chi connectivity index (χ3n) is 2.46. The average Bonchev–Trinajstić information content (AvgIpc) is 2.23. The quantitative estimate of drug-likeness (QED) is 0.735. The van der Waals surface area contributed by atoms with Crippen LogP contribution in [-0.2, 0) is 14.3 Å². The molecule has 1 atom stereocenters. The number of amides is 1. The van der Waals surface area contributed by atoms with Gasteiger partial charge < -0.3 is 14.6 Å². The van der Waals surface area contributed by atoms with Gasteiger partial charge in [-0.2, -0.15) is 13.2 Å². The number of nitrogens with one attached hydrogen (secondary N) is 1. The molecule has 0 aromatic rings. The number of ether oxygens (including phenoxy) is 2. The van der Waals surface area contributed by atoms with Gasteiger partial charge in [0, 0.05) is 13.7 Å². The molecule has 1 amide bonds. The summed E-state index contributed by atoms with van der Waals surface area (Å²) < 4.78 is 48.8. The third-order valence-corrected chi connectivity index (χ3v) is 2.46. The molecule has 0 aliphatic rings. The first-order valence-corrected chi connectivity index (χ1v) is 6.16. The second kappa shape index (κ2) is 6.97. The predicted molar refractivity (Wildman–Crippen MR) is 66.9 cm³/mol. The summed E-state index contributed by atoms with van der Waals surface area (Å²) in [5.41, 5.74) is -4.46. The van der Waals surface area contributed by atoms with Crippen molar-refractivity contribution in [2.75, 3.05) is 13.7 Å². The van der Waals surface area contributed by atoms with Crippen LogP contribution in [0.5, 0.6) is 0 Å². The Morgan fingerprint density at radius 1 is 1.19 bits per heavy atom. The number of rotatable bonds is 6. The molecule has 0 heterocycles. The number of alkyl carbamates (subject to hydrolysis) is 1. The molecule has 0 aromatic heterocycles. The molecule has 0 fully saturated rings. The number of carboxylic acids is 1. The molecule has 0 aliphatic carbocycles. The highest BCUT2D eigenvalue weighted by atomic mass is 19.4. The second-order valence-electron chi connectivity index (χ2n) is 5.43. The Bertz CT molecular complexity index is 378. The molecule has 0 spiro atoms. The number of aliphatic carboxylic acids is 1.